The quantitative estimate of drug-likeness (QED) is 0.778. The van der Waals surface area contributed by atoms with Gasteiger partial charge in [0.15, 0.2) is 5.75 Å². The van der Waals surface area contributed by atoms with Gasteiger partial charge in [0.05, 0.1) is 5.69 Å². The van der Waals surface area contributed by atoms with Gasteiger partial charge in [-0.1, -0.05) is 20.8 Å². The molecule has 0 aliphatic heterocycles. The molecule has 1 atom stereocenters. The fourth-order valence-electron chi connectivity index (χ4n) is 1.49. The van der Waals surface area contributed by atoms with E-state index in [2.05, 4.69) is 18.9 Å². The Hall–Kier alpha value is -0.990. The van der Waals surface area contributed by atoms with Crippen molar-refractivity contribution in [1.82, 2.24) is 9.78 Å². The summed E-state index contributed by atoms with van der Waals surface area (Å²) in [5.74, 6) is 0.728. The lowest BCUT2D eigenvalue weighted by atomic mass is 10.0. The molecule has 1 N–H and O–H groups in total. The van der Waals surface area contributed by atoms with E-state index in [1.165, 1.54) is 0 Å². The second-order valence-corrected chi connectivity index (χ2v) is 3.47. The van der Waals surface area contributed by atoms with E-state index in [1.807, 2.05) is 14.0 Å². The molecule has 0 spiro atoms. The lowest BCUT2D eigenvalue weighted by molar-refractivity contribution is 0.455. The zero-order chi connectivity index (χ0) is 10.0. The van der Waals surface area contributed by atoms with Crippen LogP contribution in [0.3, 0.4) is 0 Å². The predicted molar refractivity (Wildman–Crippen MR) is 53.0 cm³/mol. The topological polar surface area (TPSA) is 38.1 Å². The van der Waals surface area contributed by atoms with Gasteiger partial charge in [0.2, 0.25) is 0 Å². The summed E-state index contributed by atoms with van der Waals surface area (Å²) in [6.07, 6.45) is 1.83. The molecule has 1 aromatic rings. The zero-order valence-corrected chi connectivity index (χ0v) is 8.83. The Morgan fingerprint density at radius 3 is 2.46 bits per heavy atom. The Bertz CT molecular complexity index is 291. The van der Waals surface area contributed by atoms with Crippen LogP contribution in [0.2, 0.25) is 0 Å². The number of hydrogen-bond donors (Lipinski definition) is 1. The van der Waals surface area contributed by atoms with Crippen molar-refractivity contribution >= 4 is 0 Å². The Kier molecular flexibility index (Phi) is 2.96. The Balaban J connectivity index is 3.10. The van der Waals surface area contributed by atoms with E-state index in [9.17, 15) is 5.11 Å². The largest absolute Gasteiger partial charge is 0.504 e. The van der Waals surface area contributed by atoms with Gasteiger partial charge in [-0.25, -0.2) is 0 Å². The van der Waals surface area contributed by atoms with Crippen molar-refractivity contribution in [3.8, 4) is 5.75 Å². The van der Waals surface area contributed by atoms with Crippen LogP contribution in [-0.4, -0.2) is 14.9 Å². The summed E-state index contributed by atoms with van der Waals surface area (Å²) in [4.78, 5) is 0. The normalized spacial score (nSPS) is 13.2. The van der Waals surface area contributed by atoms with Crippen LogP contribution in [0.1, 0.15) is 44.5 Å². The van der Waals surface area contributed by atoms with Gasteiger partial charge in [0, 0.05) is 13.0 Å². The summed E-state index contributed by atoms with van der Waals surface area (Å²) in [6.45, 7) is 6.21. The van der Waals surface area contributed by atoms with E-state index in [4.69, 9.17) is 0 Å². The fraction of sp³-hybridized carbons (Fsp3) is 0.700. The maximum Gasteiger partial charge on any atom is 0.160 e. The lowest BCUT2D eigenvalue weighted by Crippen LogP contribution is -1.97. The van der Waals surface area contributed by atoms with Gasteiger partial charge in [0.25, 0.3) is 0 Å². The highest BCUT2D eigenvalue weighted by molar-refractivity contribution is 5.34. The minimum atomic E-state index is 0.339. The standard InChI is InChI=1S/C10H18N2O/c1-5-7(3)9-10(13)8(6-2)12(4)11-9/h7,13H,5-6H2,1-4H3. The van der Waals surface area contributed by atoms with Crippen molar-refractivity contribution in [2.75, 3.05) is 0 Å². The minimum absolute atomic E-state index is 0.339. The molecule has 0 bridgehead atoms. The van der Waals surface area contributed by atoms with Crippen LogP contribution in [-0.2, 0) is 13.5 Å². The molecule has 1 unspecified atom stereocenters. The molecule has 3 nitrogen and oxygen atoms in total. The maximum atomic E-state index is 9.83. The number of aryl methyl sites for hydroxylation is 1. The van der Waals surface area contributed by atoms with Crippen molar-refractivity contribution in [2.24, 2.45) is 7.05 Å². The first kappa shape index (κ1) is 10.1. The number of nitrogens with zero attached hydrogens (tertiary/aromatic N) is 2. The number of rotatable bonds is 3. The van der Waals surface area contributed by atoms with Gasteiger partial charge in [-0.2, -0.15) is 5.10 Å². The average Bonchev–Trinajstić information content (AvgIpc) is 2.40. The first-order chi connectivity index (χ1) is 6.11. The van der Waals surface area contributed by atoms with Crippen LogP contribution in [0.25, 0.3) is 0 Å². The molecular weight excluding hydrogens is 164 g/mol. The molecule has 3 heteroatoms. The molecule has 0 fully saturated rings. The van der Waals surface area contributed by atoms with E-state index in [-0.39, 0.29) is 0 Å². The van der Waals surface area contributed by atoms with E-state index in [0.29, 0.717) is 11.7 Å². The Labute approximate surface area is 79.4 Å². The SMILES string of the molecule is CCc1c(O)c(C(C)CC)nn1C. The molecule has 1 rings (SSSR count). The van der Waals surface area contributed by atoms with Gasteiger partial charge in [0.1, 0.15) is 5.69 Å². The lowest BCUT2D eigenvalue weighted by Gasteiger charge is -2.03. The van der Waals surface area contributed by atoms with Crippen LogP contribution >= 0.6 is 0 Å². The molecule has 0 saturated heterocycles. The molecule has 0 aliphatic carbocycles. The smallest absolute Gasteiger partial charge is 0.160 e. The van der Waals surface area contributed by atoms with Crippen LogP contribution < -0.4 is 0 Å². The van der Waals surface area contributed by atoms with Gasteiger partial charge in [-0.3, -0.25) is 4.68 Å². The maximum absolute atomic E-state index is 9.83. The van der Waals surface area contributed by atoms with Crippen LogP contribution in [0, 0.1) is 0 Å². The van der Waals surface area contributed by atoms with Gasteiger partial charge >= 0.3 is 0 Å². The average molecular weight is 182 g/mol. The molecule has 74 valence electrons. The molecule has 0 radical (unpaired) electrons. The van der Waals surface area contributed by atoms with Crippen LogP contribution in [0.5, 0.6) is 5.75 Å². The zero-order valence-electron chi connectivity index (χ0n) is 8.83. The van der Waals surface area contributed by atoms with E-state index in [0.717, 1.165) is 24.2 Å². The van der Waals surface area contributed by atoms with Gasteiger partial charge < -0.3 is 5.11 Å². The first-order valence-electron chi connectivity index (χ1n) is 4.86. The van der Waals surface area contributed by atoms with Crippen molar-refractivity contribution in [2.45, 2.75) is 39.5 Å². The van der Waals surface area contributed by atoms with E-state index < -0.39 is 0 Å². The van der Waals surface area contributed by atoms with Crippen molar-refractivity contribution < 1.29 is 5.11 Å². The molecular formula is C10H18N2O. The summed E-state index contributed by atoms with van der Waals surface area (Å²) in [5.41, 5.74) is 1.76. The number of aromatic hydroxyl groups is 1. The Morgan fingerprint density at radius 2 is 2.08 bits per heavy atom. The molecule has 0 aromatic carbocycles. The summed E-state index contributed by atoms with van der Waals surface area (Å²) in [7, 11) is 1.88. The van der Waals surface area contributed by atoms with Crippen molar-refractivity contribution in [3.63, 3.8) is 0 Å². The fourth-order valence-corrected chi connectivity index (χ4v) is 1.49. The highest BCUT2D eigenvalue weighted by Gasteiger charge is 2.17. The number of aromatic nitrogens is 2. The third-order valence-corrected chi connectivity index (χ3v) is 2.58. The molecule has 0 aliphatic rings. The third kappa shape index (κ3) is 1.69. The second-order valence-electron chi connectivity index (χ2n) is 3.47. The summed E-state index contributed by atoms with van der Waals surface area (Å²) < 4.78 is 1.77. The summed E-state index contributed by atoms with van der Waals surface area (Å²) >= 11 is 0. The summed E-state index contributed by atoms with van der Waals surface area (Å²) in [6, 6.07) is 0. The molecule has 13 heavy (non-hydrogen) atoms. The van der Waals surface area contributed by atoms with Crippen molar-refractivity contribution in [1.29, 1.82) is 0 Å². The minimum Gasteiger partial charge on any atom is -0.504 e. The van der Waals surface area contributed by atoms with E-state index in [1.54, 1.807) is 4.68 Å². The highest BCUT2D eigenvalue weighted by atomic mass is 16.3. The monoisotopic (exact) mass is 182 g/mol. The second kappa shape index (κ2) is 3.81. The van der Waals surface area contributed by atoms with Crippen molar-refractivity contribution in [3.05, 3.63) is 11.4 Å². The summed E-state index contributed by atoms with van der Waals surface area (Å²) in [5, 5.41) is 14.1. The predicted octanol–water partition coefficient (Wildman–Crippen LogP) is 2.20. The first-order valence-corrected chi connectivity index (χ1v) is 4.86. The molecule has 1 heterocycles. The molecule has 1 aromatic heterocycles. The van der Waals surface area contributed by atoms with Crippen LogP contribution in [0.4, 0.5) is 0 Å². The number of hydrogen-bond acceptors (Lipinski definition) is 2. The highest BCUT2D eigenvalue weighted by Crippen LogP contribution is 2.29. The van der Waals surface area contributed by atoms with Crippen LogP contribution in [0.15, 0.2) is 0 Å². The third-order valence-electron chi connectivity index (χ3n) is 2.58. The van der Waals surface area contributed by atoms with Gasteiger partial charge in [-0.15, -0.1) is 0 Å². The van der Waals surface area contributed by atoms with Gasteiger partial charge in [-0.05, 0) is 12.8 Å². The van der Waals surface area contributed by atoms with E-state index >= 15 is 0 Å². The Morgan fingerprint density at radius 1 is 1.46 bits per heavy atom. The molecule has 0 saturated carbocycles. The molecule has 0 amide bonds.